The molecule has 0 saturated carbocycles. The van der Waals surface area contributed by atoms with Crippen molar-refractivity contribution in [2.24, 2.45) is 0 Å². The fourth-order valence-corrected chi connectivity index (χ4v) is 2.96. The van der Waals surface area contributed by atoms with Crippen LogP contribution in [0, 0.1) is 0 Å². The van der Waals surface area contributed by atoms with Gasteiger partial charge in [0.25, 0.3) is 0 Å². The maximum Gasteiger partial charge on any atom is 0.223 e. The zero-order valence-electron chi connectivity index (χ0n) is 10.0. The number of hydrogen-bond donors (Lipinski definition) is 2. The first-order valence-corrected chi connectivity index (χ1v) is 6.50. The topological polar surface area (TPSA) is 65.5 Å². The lowest BCUT2D eigenvalue weighted by Crippen LogP contribution is -2.26. The highest BCUT2D eigenvalue weighted by molar-refractivity contribution is 7.15. The van der Waals surface area contributed by atoms with E-state index in [4.69, 9.17) is 0 Å². The molecule has 0 spiro atoms. The largest absolute Gasteiger partial charge is 0.392 e. The van der Waals surface area contributed by atoms with E-state index in [1.807, 2.05) is 0 Å². The first kappa shape index (κ1) is 12.5. The van der Waals surface area contributed by atoms with E-state index in [1.165, 1.54) is 18.3 Å². The normalized spacial score (nSPS) is 25.1. The average molecular weight is 255 g/mol. The highest BCUT2D eigenvalue weighted by atomic mass is 32.1. The van der Waals surface area contributed by atoms with E-state index < -0.39 is 0 Å². The number of amides is 1. The Morgan fingerprint density at radius 2 is 2.53 bits per heavy atom. The van der Waals surface area contributed by atoms with Crippen molar-refractivity contribution in [3.63, 3.8) is 0 Å². The standard InChI is InChI=1S/C11H17N3O2S/c1-7-3-9(16)5-14(7)6-10-4-12-11(17-10)13-8(2)15/h4,7,9,16H,3,5-6H2,1-2H3,(H,12,13,15). The Morgan fingerprint density at radius 1 is 1.76 bits per heavy atom. The Kier molecular flexibility index (Phi) is 3.76. The number of hydrogen-bond acceptors (Lipinski definition) is 5. The molecule has 0 bridgehead atoms. The Morgan fingerprint density at radius 3 is 3.12 bits per heavy atom. The molecule has 2 heterocycles. The van der Waals surface area contributed by atoms with Crippen LogP contribution in [0.15, 0.2) is 6.20 Å². The predicted octanol–water partition coefficient (Wildman–Crippen LogP) is 1.06. The first-order chi connectivity index (χ1) is 8.04. The van der Waals surface area contributed by atoms with Crippen molar-refractivity contribution in [2.45, 2.75) is 39.0 Å². The van der Waals surface area contributed by atoms with Gasteiger partial charge in [-0.25, -0.2) is 4.98 Å². The highest BCUT2D eigenvalue weighted by Crippen LogP contribution is 2.24. The van der Waals surface area contributed by atoms with Crippen molar-refractivity contribution < 1.29 is 9.90 Å². The Bertz CT molecular complexity index is 407. The molecule has 1 aromatic heterocycles. The monoisotopic (exact) mass is 255 g/mol. The van der Waals surface area contributed by atoms with E-state index in [1.54, 1.807) is 6.20 Å². The first-order valence-electron chi connectivity index (χ1n) is 5.69. The maximum atomic E-state index is 10.9. The number of carbonyl (C=O) groups excluding carboxylic acids is 1. The Hall–Kier alpha value is -0.980. The Labute approximate surface area is 104 Å². The number of aromatic nitrogens is 1. The summed E-state index contributed by atoms with van der Waals surface area (Å²) in [6, 6.07) is 0.399. The quantitative estimate of drug-likeness (QED) is 0.847. The van der Waals surface area contributed by atoms with Gasteiger partial charge in [0, 0.05) is 37.1 Å². The van der Waals surface area contributed by atoms with Gasteiger partial charge in [-0.1, -0.05) is 0 Å². The number of carbonyl (C=O) groups is 1. The Balaban J connectivity index is 1.95. The minimum atomic E-state index is -0.215. The molecule has 0 radical (unpaired) electrons. The molecule has 1 aromatic rings. The molecule has 0 aromatic carbocycles. The van der Waals surface area contributed by atoms with Gasteiger partial charge >= 0.3 is 0 Å². The lowest BCUT2D eigenvalue weighted by molar-refractivity contribution is -0.114. The summed E-state index contributed by atoms with van der Waals surface area (Å²) < 4.78 is 0. The summed E-state index contributed by atoms with van der Waals surface area (Å²) in [7, 11) is 0. The second kappa shape index (κ2) is 5.12. The second-order valence-electron chi connectivity index (χ2n) is 4.48. The highest BCUT2D eigenvalue weighted by Gasteiger charge is 2.27. The molecule has 2 rings (SSSR count). The van der Waals surface area contributed by atoms with Gasteiger partial charge < -0.3 is 10.4 Å². The summed E-state index contributed by atoms with van der Waals surface area (Å²) >= 11 is 1.48. The number of aliphatic hydroxyl groups is 1. The third-order valence-corrected chi connectivity index (χ3v) is 3.77. The molecule has 2 atom stereocenters. The van der Waals surface area contributed by atoms with Gasteiger partial charge in [0.15, 0.2) is 5.13 Å². The van der Waals surface area contributed by atoms with Gasteiger partial charge in [-0.3, -0.25) is 9.69 Å². The van der Waals surface area contributed by atoms with Crippen molar-refractivity contribution in [1.82, 2.24) is 9.88 Å². The number of rotatable bonds is 3. The van der Waals surface area contributed by atoms with Gasteiger partial charge in [0.1, 0.15) is 0 Å². The number of aliphatic hydroxyl groups excluding tert-OH is 1. The minimum Gasteiger partial charge on any atom is -0.392 e. The molecule has 2 N–H and O–H groups in total. The molecule has 1 amide bonds. The minimum absolute atomic E-state index is 0.101. The molecule has 1 aliphatic heterocycles. The van der Waals surface area contributed by atoms with Crippen molar-refractivity contribution in [3.8, 4) is 0 Å². The number of likely N-dealkylation sites (tertiary alicyclic amines) is 1. The zero-order valence-corrected chi connectivity index (χ0v) is 10.8. The van der Waals surface area contributed by atoms with E-state index in [2.05, 4.69) is 22.1 Å². The van der Waals surface area contributed by atoms with E-state index in [-0.39, 0.29) is 12.0 Å². The second-order valence-corrected chi connectivity index (χ2v) is 5.60. The average Bonchev–Trinajstić information content (AvgIpc) is 2.74. The molecule has 0 aliphatic carbocycles. The fourth-order valence-electron chi connectivity index (χ4n) is 2.08. The van der Waals surface area contributed by atoms with Gasteiger partial charge in [0.2, 0.25) is 5.91 Å². The van der Waals surface area contributed by atoms with Crippen LogP contribution in [0.1, 0.15) is 25.1 Å². The van der Waals surface area contributed by atoms with Crippen molar-refractivity contribution in [3.05, 3.63) is 11.1 Å². The van der Waals surface area contributed by atoms with Crippen molar-refractivity contribution in [1.29, 1.82) is 0 Å². The molecule has 1 fully saturated rings. The van der Waals surface area contributed by atoms with Crippen LogP contribution in [-0.2, 0) is 11.3 Å². The lowest BCUT2D eigenvalue weighted by Gasteiger charge is -2.19. The summed E-state index contributed by atoms with van der Waals surface area (Å²) in [5.74, 6) is -0.101. The van der Waals surface area contributed by atoms with Crippen LogP contribution in [0.5, 0.6) is 0 Å². The number of anilines is 1. The molecular weight excluding hydrogens is 238 g/mol. The number of β-amino-alcohol motifs (C(OH)–C–C–N with tert-alkyl or cyclic N) is 1. The van der Waals surface area contributed by atoms with Crippen LogP contribution in [0.4, 0.5) is 5.13 Å². The summed E-state index contributed by atoms with van der Waals surface area (Å²) in [4.78, 5) is 18.4. The van der Waals surface area contributed by atoms with Crippen LogP contribution in [-0.4, -0.2) is 39.6 Å². The van der Waals surface area contributed by atoms with Crippen LogP contribution in [0.3, 0.4) is 0 Å². The maximum absolute atomic E-state index is 10.9. The van der Waals surface area contributed by atoms with Crippen LogP contribution in [0.25, 0.3) is 0 Å². The van der Waals surface area contributed by atoms with E-state index in [0.717, 1.165) is 17.8 Å². The molecular formula is C11H17N3O2S. The molecule has 2 unspecified atom stereocenters. The third kappa shape index (κ3) is 3.24. The van der Waals surface area contributed by atoms with Crippen LogP contribution < -0.4 is 5.32 Å². The lowest BCUT2D eigenvalue weighted by atomic mass is 10.2. The van der Waals surface area contributed by atoms with E-state index in [9.17, 15) is 9.90 Å². The molecule has 1 saturated heterocycles. The SMILES string of the molecule is CC(=O)Nc1ncc(CN2CC(O)CC2C)s1. The third-order valence-electron chi connectivity index (χ3n) is 2.88. The van der Waals surface area contributed by atoms with Gasteiger partial charge in [-0.2, -0.15) is 0 Å². The van der Waals surface area contributed by atoms with Crippen LogP contribution >= 0.6 is 11.3 Å². The molecule has 1 aliphatic rings. The molecule has 17 heavy (non-hydrogen) atoms. The molecule has 5 nitrogen and oxygen atoms in total. The summed E-state index contributed by atoms with van der Waals surface area (Å²) in [5.41, 5.74) is 0. The predicted molar refractivity (Wildman–Crippen MR) is 66.9 cm³/mol. The molecule has 94 valence electrons. The summed E-state index contributed by atoms with van der Waals surface area (Å²) in [6.07, 6.45) is 2.40. The van der Waals surface area contributed by atoms with Gasteiger partial charge in [-0.05, 0) is 13.3 Å². The van der Waals surface area contributed by atoms with Crippen LogP contribution in [0.2, 0.25) is 0 Å². The smallest absolute Gasteiger partial charge is 0.223 e. The fraction of sp³-hybridized carbons (Fsp3) is 0.636. The van der Waals surface area contributed by atoms with Crippen molar-refractivity contribution >= 4 is 22.4 Å². The summed E-state index contributed by atoms with van der Waals surface area (Å²) in [6.45, 7) is 5.09. The zero-order chi connectivity index (χ0) is 12.4. The number of nitrogens with zero attached hydrogens (tertiary/aromatic N) is 2. The van der Waals surface area contributed by atoms with E-state index >= 15 is 0 Å². The van der Waals surface area contributed by atoms with Crippen molar-refractivity contribution in [2.75, 3.05) is 11.9 Å². The number of nitrogens with one attached hydrogen (secondary N) is 1. The van der Waals surface area contributed by atoms with Gasteiger partial charge in [-0.15, -0.1) is 11.3 Å². The molecule has 6 heteroatoms. The van der Waals surface area contributed by atoms with Gasteiger partial charge in [0.05, 0.1) is 6.10 Å². The summed E-state index contributed by atoms with van der Waals surface area (Å²) in [5, 5.41) is 12.9. The number of thiazole rings is 1. The van der Waals surface area contributed by atoms with E-state index in [0.29, 0.717) is 17.7 Å².